The lowest BCUT2D eigenvalue weighted by atomic mass is 9.95. The Morgan fingerprint density at radius 1 is 1.25 bits per heavy atom. The van der Waals surface area contributed by atoms with E-state index in [1.807, 2.05) is 37.4 Å². The number of benzene rings is 1. The van der Waals surface area contributed by atoms with Gasteiger partial charge < -0.3 is 14.8 Å². The van der Waals surface area contributed by atoms with Gasteiger partial charge in [-0.2, -0.15) is 0 Å². The molecule has 2 aromatic heterocycles. The van der Waals surface area contributed by atoms with E-state index in [0.717, 1.165) is 5.56 Å². The number of amides is 1. The van der Waals surface area contributed by atoms with Crippen LogP contribution in [-0.2, 0) is 11.3 Å². The minimum atomic E-state index is -0.243. The second-order valence-electron chi connectivity index (χ2n) is 7.01. The van der Waals surface area contributed by atoms with Gasteiger partial charge in [0.2, 0.25) is 5.91 Å². The lowest BCUT2D eigenvalue weighted by Crippen LogP contribution is -2.36. The molecular weight excluding hydrogens is 378 g/mol. The lowest BCUT2D eigenvalue weighted by Gasteiger charge is -2.25. The van der Waals surface area contributed by atoms with Gasteiger partial charge in [0, 0.05) is 0 Å². The number of nitrogens with one attached hydrogen (secondary N) is 1. The third-order valence-corrected chi connectivity index (χ3v) is 5.49. The molecule has 0 saturated heterocycles. The summed E-state index contributed by atoms with van der Waals surface area (Å²) in [7, 11) is 0. The molecular formula is C20H21N3O4S. The van der Waals surface area contributed by atoms with Crippen molar-refractivity contribution in [3.8, 4) is 11.5 Å². The van der Waals surface area contributed by atoms with Crippen LogP contribution in [0.15, 0.2) is 40.8 Å². The smallest absolute Gasteiger partial charge is 0.262 e. The maximum absolute atomic E-state index is 12.7. The van der Waals surface area contributed by atoms with Gasteiger partial charge in [0.25, 0.3) is 5.56 Å². The normalized spacial score (nSPS) is 14.2. The summed E-state index contributed by atoms with van der Waals surface area (Å²) in [5, 5.41) is 5.39. The van der Waals surface area contributed by atoms with Gasteiger partial charge in [-0.25, -0.2) is 4.98 Å². The molecule has 3 heterocycles. The molecule has 0 radical (unpaired) electrons. The summed E-state index contributed by atoms with van der Waals surface area (Å²) >= 11 is 1.41. The molecule has 1 aliphatic rings. The van der Waals surface area contributed by atoms with Crippen molar-refractivity contribution >= 4 is 27.5 Å². The second kappa shape index (κ2) is 7.63. The summed E-state index contributed by atoms with van der Waals surface area (Å²) in [5.74, 6) is 1.31. The van der Waals surface area contributed by atoms with Crippen molar-refractivity contribution in [2.45, 2.75) is 26.4 Å². The van der Waals surface area contributed by atoms with Crippen molar-refractivity contribution in [3.05, 3.63) is 51.9 Å². The van der Waals surface area contributed by atoms with Crippen LogP contribution in [0.4, 0.5) is 0 Å². The summed E-state index contributed by atoms with van der Waals surface area (Å²) < 4.78 is 12.6. The van der Waals surface area contributed by atoms with E-state index in [-0.39, 0.29) is 30.0 Å². The predicted molar refractivity (Wildman–Crippen MR) is 107 cm³/mol. The van der Waals surface area contributed by atoms with Crippen LogP contribution in [0, 0.1) is 5.92 Å². The van der Waals surface area contributed by atoms with E-state index >= 15 is 0 Å². The van der Waals surface area contributed by atoms with Crippen LogP contribution in [-0.4, -0.2) is 28.7 Å². The summed E-state index contributed by atoms with van der Waals surface area (Å²) in [6, 6.07) is 7.23. The van der Waals surface area contributed by atoms with Gasteiger partial charge in [0.05, 0.1) is 17.8 Å². The Balaban J connectivity index is 1.53. The number of ether oxygens (including phenoxy) is 2. The molecule has 0 aliphatic carbocycles. The second-order valence-corrected chi connectivity index (χ2v) is 7.90. The number of thiophene rings is 1. The first-order valence-corrected chi connectivity index (χ1v) is 10.0. The summed E-state index contributed by atoms with van der Waals surface area (Å²) in [6.45, 7) is 5.04. The SMILES string of the molecule is CC(C)[C@H](NC(=O)Cn1cnc2sccc2c1=O)c1ccc2c(c1)OCCO2. The minimum Gasteiger partial charge on any atom is -0.486 e. The summed E-state index contributed by atoms with van der Waals surface area (Å²) in [6.07, 6.45) is 1.43. The number of rotatable bonds is 5. The molecule has 4 rings (SSSR count). The number of carbonyl (C=O) groups excluding carboxylic acids is 1. The third-order valence-electron chi connectivity index (χ3n) is 4.67. The average Bonchev–Trinajstić information content (AvgIpc) is 3.17. The van der Waals surface area contributed by atoms with Crippen molar-refractivity contribution < 1.29 is 14.3 Å². The fourth-order valence-electron chi connectivity index (χ4n) is 3.27. The van der Waals surface area contributed by atoms with E-state index in [2.05, 4.69) is 10.3 Å². The highest BCUT2D eigenvalue weighted by molar-refractivity contribution is 7.16. The first kappa shape index (κ1) is 18.5. The Kier molecular flexibility index (Phi) is 5.04. The molecule has 0 bridgehead atoms. The number of aromatic nitrogens is 2. The number of hydrogen-bond donors (Lipinski definition) is 1. The minimum absolute atomic E-state index is 0.0780. The van der Waals surface area contributed by atoms with E-state index < -0.39 is 0 Å². The molecule has 146 valence electrons. The molecule has 28 heavy (non-hydrogen) atoms. The van der Waals surface area contributed by atoms with Crippen molar-refractivity contribution in [1.82, 2.24) is 14.9 Å². The molecule has 1 aliphatic heterocycles. The number of nitrogens with zero attached hydrogens (tertiary/aromatic N) is 2. The Bertz CT molecular complexity index is 1070. The fourth-order valence-corrected chi connectivity index (χ4v) is 3.99. The van der Waals surface area contributed by atoms with Crippen LogP contribution >= 0.6 is 11.3 Å². The average molecular weight is 399 g/mol. The Morgan fingerprint density at radius 3 is 2.82 bits per heavy atom. The van der Waals surface area contributed by atoms with Gasteiger partial charge >= 0.3 is 0 Å². The quantitative estimate of drug-likeness (QED) is 0.713. The molecule has 0 unspecified atom stereocenters. The molecule has 3 aromatic rings. The van der Waals surface area contributed by atoms with Crippen LogP contribution in [0.25, 0.3) is 10.2 Å². The maximum atomic E-state index is 12.7. The highest BCUT2D eigenvalue weighted by Crippen LogP contribution is 2.34. The van der Waals surface area contributed by atoms with Crippen LogP contribution in [0.5, 0.6) is 11.5 Å². The summed E-state index contributed by atoms with van der Waals surface area (Å²) in [4.78, 5) is 30.1. The van der Waals surface area contributed by atoms with Crippen molar-refractivity contribution in [2.24, 2.45) is 5.92 Å². The largest absolute Gasteiger partial charge is 0.486 e. The maximum Gasteiger partial charge on any atom is 0.262 e. The van der Waals surface area contributed by atoms with Gasteiger partial charge in [0.15, 0.2) is 11.5 Å². The standard InChI is InChI=1S/C20H21N3O4S/c1-12(2)18(13-3-4-15-16(9-13)27-7-6-26-15)22-17(24)10-23-11-21-19-14(20(23)25)5-8-28-19/h3-5,8-9,11-12,18H,6-7,10H2,1-2H3,(H,22,24)/t18-/m0/s1. The summed E-state index contributed by atoms with van der Waals surface area (Å²) in [5.41, 5.74) is 0.730. The molecule has 0 fully saturated rings. The predicted octanol–water partition coefficient (Wildman–Crippen LogP) is 2.74. The van der Waals surface area contributed by atoms with Crippen molar-refractivity contribution in [3.63, 3.8) is 0 Å². The Morgan fingerprint density at radius 2 is 2.04 bits per heavy atom. The van der Waals surface area contributed by atoms with Crippen LogP contribution in [0.3, 0.4) is 0 Å². The topological polar surface area (TPSA) is 82.5 Å². The molecule has 1 aromatic carbocycles. The zero-order chi connectivity index (χ0) is 19.7. The van der Waals surface area contributed by atoms with E-state index in [4.69, 9.17) is 9.47 Å². The monoisotopic (exact) mass is 399 g/mol. The van der Waals surface area contributed by atoms with E-state index in [1.165, 1.54) is 22.2 Å². The molecule has 8 heteroatoms. The van der Waals surface area contributed by atoms with Crippen molar-refractivity contribution in [2.75, 3.05) is 13.2 Å². The van der Waals surface area contributed by atoms with Gasteiger partial charge in [-0.05, 0) is 35.1 Å². The van der Waals surface area contributed by atoms with Crippen LogP contribution < -0.4 is 20.3 Å². The van der Waals surface area contributed by atoms with Gasteiger partial charge in [-0.1, -0.05) is 19.9 Å². The first-order chi connectivity index (χ1) is 13.5. The fraction of sp³-hybridized carbons (Fsp3) is 0.350. The zero-order valence-corrected chi connectivity index (χ0v) is 16.5. The molecule has 1 amide bonds. The van der Waals surface area contributed by atoms with E-state index in [9.17, 15) is 9.59 Å². The molecule has 1 atom stereocenters. The number of fused-ring (bicyclic) bond motifs is 2. The zero-order valence-electron chi connectivity index (χ0n) is 15.7. The molecule has 0 spiro atoms. The molecule has 7 nitrogen and oxygen atoms in total. The van der Waals surface area contributed by atoms with Crippen molar-refractivity contribution in [1.29, 1.82) is 0 Å². The number of carbonyl (C=O) groups is 1. The third kappa shape index (κ3) is 3.60. The highest BCUT2D eigenvalue weighted by Gasteiger charge is 2.22. The highest BCUT2D eigenvalue weighted by atomic mass is 32.1. The van der Waals surface area contributed by atoms with E-state index in [1.54, 1.807) is 6.07 Å². The van der Waals surface area contributed by atoms with Crippen LogP contribution in [0.2, 0.25) is 0 Å². The van der Waals surface area contributed by atoms with Gasteiger partial charge in [-0.3, -0.25) is 14.2 Å². The Hall–Kier alpha value is -2.87. The number of hydrogen-bond acceptors (Lipinski definition) is 6. The molecule has 0 saturated carbocycles. The first-order valence-electron chi connectivity index (χ1n) is 9.14. The van der Waals surface area contributed by atoms with Crippen LogP contribution in [0.1, 0.15) is 25.5 Å². The van der Waals surface area contributed by atoms with Gasteiger partial charge in [0.1, 0.15) is 24.6 Å². The van der Waals surface area contributed by atoms with Gasteiger partial charge in [-0.15, -0.1) is 11.3 Å². The lowest BCUT2D eigenvalue weighted by molar-refractivity contribution is -0.122. The van der Waals surface area contributed by atoms with E-state index in [0.29, 0.717) is 34.9 Å². The Labute approximate surface area is 165 Å². The molecule has 1 N–H and O–H groups in total.